The van der Waals surface area contributed by atoms with Crippen LogP contribution in [0.15, 0.2) is 66.0 Å². The number of benzene rings is 2. The minimum absolute atomic E-state index is 0.180. The summed E-state index contributed by atoms with van der Waals surface area (Å²) in [7, 11) is 1.65. The minimum Gasteiger partial charge on any atom is -0.497 e. The maximum absolute atomic E-state index is 9.14. The molecule has 5 heteroatoms. The van der Waals surface area contributed by atoms with Crippen molar-refractivity contribution < 1.29 is 4.74 Å². The van der Waals surface area contributed by atoms with Crippen LogP contribution in [-0.4, -0.2) is 21.9 Å². The highest BCUT2D eigenvalue weighted by Crippen LogP contribution is 2.32. The van der Waals surface area contributed by atoms with Gasteiger partial charge in [-0.2, -0.15) is 5.26 Å². The first-order valence-corrected chi connectivity index (χ1v) is 8.44. The van der Waals surface area contributed by atoms with Gasteiger partial charge in [-0.1, -0.05) is 48.2 Å². The Labute approximate surface area is 145 Å². The van der Waals surface area contributed by atoms with Crippen molar-refractivity contribution in [2.45, 2.75) is 17.3 Å². The number of thioether (sulfide) groups is 1. The van der Waals surface area contributed by atoms with E-state index in [4.69, 9.17) is 10.00 Å². The Bertz CT molecular complexity index is 868. The smallest absolute Gasteiger partial charge is 0.174 e. The quantitative estimate of drug-likeness (QED) is 0.642. The second kappa shape index (κ2) is 7.24. The molecule has 0 N–H and O–H groups in total. The van der Waals surface area contributed by atoms with Crippen LogP contribution in [-0.2, 0) is 0 Å². The first kappa shape index (κ1) is 16.2. The molecule has 0 aliphatic heterocycles. The van der Waals surface area contributed by atoms with E-state index in [2.05, 4.69) is 27.8 Å². The normalized spacial score (nSPS) is 11.7. The molecule has 0 aliphatic rings. The molecule has 1 atom stereocenters. The summed E-state index contributed by atoms with van der Waals surface area (Å²) in [6.07, 6.45) is 1.85. The van der Waals surface area contributed by atoms with Gasteiger partial charge in [-0.25, -0.2) is 4.98 Å². The van der Waals surface area contributed by atoms with Gasteiger partial charge in [-0.3, -0.25) is 4.57 Å². The molecule has 4 nitrogen and oxygen atoms in total. The molecule has 1 heterocycles. The van der Waals surface area contributed by atoms with Crippen LogP contribution in [0.3, 0.4) is 0 Å². The maximum atomic E-state index is 9.14. The molecule has 0 bridgehead atoms. The lowest BCUT2D eigenvalue weighted by molar-refractivity contribution is 0.414. The molecule has 0 radical (unpaired) electrons. The zero-order chi connectivity index (χ0) is 16.9. The number of imidazole rings is 1. The average molecular weight is 335 g/mol. The van der Waals surface area contributed by atoms with Crippen LogP contribution in [0.4, 0.5) is 0 Å². The lowest BCUT2D eigenvalue weighted by Crippen LogP contribution is -2.02. The second-order valence-electron chi connectivity index (χ2n) is 5.22. The van der Waals surface area contributed by atoms with E-state index in [0.717, 1.165) is 27.9 Å². The molecule has 0 saturated carbocycles. The van der Waals surface area contributed by atoms with Crippen LogP contribution in [0.1, 0.15) is 6.92 Å². The number of ether oxygens (including phenoxy) is 1. The van der Waals surface area contributed by atoms with Crippen molar-refractivity contribution in [1.82, 2.24) is 9.55 Å². The zero-order valence-corrected chi connectivity index (χ0v) is 14.3. The number of hydrogen-bond donors (Lipinski definition) is 0. The SMILES string of the molecule is COc1cccc(-n2c(-c3ccccc3)cnc2SC(C)C#N)c1. The Balaban J connectivity index is 2.16. The molecule has 0 fully saturated rings. The highest BCUT2D eigenvalue weighted by Gasteiger charge is 2.16. The van der Waals surface area contributed by atoms with Crippen LogP contribution in [0.25, 0.3) is 16.9 Å². The highest BCUT2D eigenvalue weighted by molar-refractivity contribution is 8.00. The summed E-state index contributed by atoms with van der Waals surface area (Å²) in [6, 6.07) is 20.2. The van der Waals surface area contributed by atoms with Gasteiger partial charge >= 0.3 is 0 Å². The largest absolute Gasteiger partial charge is 0.497 e. The molecule has 2 aromatic carbocycles. The van der Waals surface area contributed by atoms with E-state index in [9.17, 15) is 0 Å². The summed E-state index contributed by atoms with van der Waals surface area (Å²) in [5.41, 5.74) is 3.01. The van der Waals surface area contributed by atoms with E-state index in [-0.39, 0.29) is 5.25 Å². The molecule has 1 unspecified atom stereocenters. The van der Waals surface area contributed by atoms with Crippen LogP contribution < -0.4 is 4.74 Å². The van der Waals surface area contributed by atoms with E-state index in [0.29, 0.717) is 0 Å². The molecule has 3 aromatic rings. The third-order valence-corrected chi connectivity index (χ3v) is 4.53. The Morgan fingerprint density at radius 1 is 1.17 bits per heavy atom. The van der Waals surface area contributed by atoms with Gasteiger partial charge in [0, 0.05) is 11.6 Å². The summed E-state index contributed by atoms with van der Waals surface area (Å²) in [4.78, 5) is 4.55. The lowest BCUT2D eigenvalue weighted by atomic mass is 10.1. The van der Waals surface area contributed by atoms with E-state index in [1.54, 1.807) is 7.11 Å². The van der Waals surface area contributed by atoms with Crippen molar-refractivity contribution in [2.75, 3.05) is 7.11 Å². The van der Waals surface area contributed by atoms with E-state index in [1.165, 1.54) is 11.8 Å². The average Bonchev–Trinajstić information content (AvgIpc) is 3.05. The van der Waals surface area contributed by atoms with Crippen molar-refractivity contribution in [3.8, 4) is 28.8 Å². The van der Waals surface area contributed by atoms with Gasteiger partial charge in [0.2, 0.25) is 0 Å². The number of aromatic nitrogens is 2. The summed E-state index contributed by atoms with van der Waals surface area (Å²) in [6.45, 7) is 1.87. The minimum atomic E-state index is -0.180. The number of methoxy groups -OCH3 is 1. The third kappa shape index (κ3) is 3.29. The van der Waals surface area contributed by atoms with Crippen LogP contribution in [0, 0.1) is 11.3 Å². The van der Waals surface area contributed by atoms with Crippen molar-refractivity contribution >= 4 is 11.8 Å². The Kier molecular flexibility index (Phi) is 4.88. The molecule has 3 rings (SSSR count). The topological polar surface area (TPSA) is 50.8 Å². The van der Waals surface area contributed by atoms with Gasteiger partial charge < -0.3 is 4.74 Å². The first-order valence-electron chi connectivity index (χ1n) is 7.57. The van der Waals surface area contributed by atoms with Gasteiger partial charge in [-0.05, 0) is 19.1 Å². The molecule has 24 heavy (non-hydrogen) atoms. The van der Waals surface area contributed by atoms with Gasteiger partial charge in [0.25, 0.3) is 0 Å². The van der Waals surface area contributed by atoms with Gasteiger partial charge in [0.05, 0.1) is 36.0 Å². The van der Waals surface area contributed by atoms with Crippen LogP contribution >= 0.6 is 11.8 Å². The maximum Gasteiger partial charge on any atom is 0.174 e. The lowest BCUT2D eigenvalue weighted by Gasteiger charge is -2.13. The number of hydrogen-bond acceptors (Lipinski definition) is 4. The Morgan fingerprint density at radius 2 is 1.96 bits per heavy atom. The predicted molar refractivity (Wildman–Crippen MR) is 96.5 cm³/mol. The predicted octanol–water partition coefficient (Wildman–Crippen LogP) is 4.55. The van der Waals surface area contributed by atoms with Gasteiger partial charge in [-0.15, -0.1) is 0 Å². The summed E-state index contributed by atoms with van der Waals surface area (Å²) < 4.78 is 7.41. The fraction of sp³-hybridized carbons (Fsp3) is 0.158. The number of nitriles is 1. The van der Waals surface area contributed by atoms with Crippen molar-refractivity contribution in [3.63, 3.8) is 0 Å². The second-order valence-corrected chi connectivity index (χ2v) is 6.53. The molecule has 0 spiro atoms. The van der Waals surface area contributed by atoms with Crippen LogP contribution in [0.5, 0.6) is 5.75 Å². The number of rotatable bonds is 5. The Hall–Kier alpha value is -2.71. The fourth-order valence-electron chi connectivity index (χ4n) is 2.41. The molecule has 0 aliphatic carbocycles. The molecule has 120 valence electrons. The van der Waals surface area contributed by atoms with E-state index < -0.39 is 0 Å². The van der Waals surface area contributed by atoms with Crippen molar-refractivity contribution in [1.29, 1.82) is 5.26 Å². The van der Waals surface area contributed by atoms with E-state index >= 15 is 0 Å². The molecule has 0 saturated heterocycles. The summed E-state index contributed by atoms with van der Waals surface area (Å²) in [5, 5.41) is 9.74. The highest BCUT2D eigenvalue weighted by atomic mass is 32.2. The van der Waals surface area contributed by atoms with Crippen LogP contribution in [0.2, 0.25) is 0 Å². The number of nitrogens with zero attached hydrogens (tertiary/aromatic N) is 3. The summed E-state index contributed by atoms with van der Waals surface area (Å²) in [5.74, 6) is 0.782. The van der Waals surface area contributed by atoms with E-state index in [1.807, 2.05) is 55.6 Å². The first-order chi connectivity index (χ1) is 11.7. The standard InChI is InChI=1S/C19H17N3OS/c1-14(12-20)24-19-21-13-18(15-7-4-3-5-8-15)22(19)16-9-6-10-17(11-16)23-2/h3-11,13-14H,1-2H3. The van der Waals surface area contributed by atoms with Crippen molar-refractivity contribution in [2.24, 2.45) is 0 Å². The third-order valence-electron chi connectivity index (χ3n) is 3.57. The molecular weight excluding hydrogens is 318 g/mol. The Morgan fingerprint density at radius 3 is 2.67 bits per heavy atom. The monoisotopic (exact) mass is 335 g/mol. The molecule has 0 amide bonds. The van der Waals surface area contributed by atoms with Gasteiger partial charge in [0.1, 0.15) is 5.75 Å². The van der Waals surface area contributed by atoms with Gasteiger partial charge in [0.15, 0.2) is 5.16 Å². The molecule has 1 aromatic heterocycles. The van der Waals surface area contributed by atoms with Crippen molar-refractivity contribution in [3.05, 3.63) is 60.8 Å². The zero-order valence-electron chi connectivity index (χ0n) is 13.5. The molecular formula is C19H17N3OS. The fourth-order valence-corrected chi connectivity index (χ4v) is 3.21. The summed E-state index contributed by atoms with van der Waals surface area (Å²) >= 11 is 1.44.